The maximum atomic E-state index is 12.8. The highest BCUT2D eigenvalue weighted by Crippen LogP contribution is 2.21. The van der Waals surface area contributed by atoms with E-state index in [0.29, 0.717) is 11.0 Å². The highest BCUT2D eigenvalue weighted by Gasteiger charge is 2.03. The van der Waals surface area contributed by atoms with Crippen molar-refractivity contribution in [3.05, 3.63) is 31.6 Å². The first-order chi connectivity index (χ1) is 5.15. The highest BCUT2D eigenvalue weighted by atomic mass is 127. The lowest BCUT2D eigenvalue weighted by Crippen LogP contribution is -1.99. The Labute approximate surface area is 86.4 Å². The second-order valence-electron chi connectivity index (χ2n) is 2.06. The van der Waals surface area contributed by atoms with Crippen LogP contribution >= 0.6 is 38.5 Å². The molecule has 0 aliphatic heterocycles. The number of benzene rings is 1. The van der Waals surface area contributed by atoms with E-state index in [2.05, 4.69) is 38.5 Å². The van der Waals surface area contributed by atoms with E-state index >= 15 is 0 Å². The maximum absolute atomic E-state index is 12.8. The molecule has 11 heavy (non-hydrogen) atoms. The molecule has 0 saturated heterocycles. The molecule has 1 nitrogen and oxygen atoms in total. The SMILES string of the molecule is NCc1cc(Br)c(F)cc1I. The minimum atomic E-state index is -0.244. The fraction of sp³-hybridized carbons (Fsp3) is 0.143. The Kier molecular flexibility index (Phi) is 3.27. The van der Waals surface area contributed by atoms with Crippen molar-refractivity contribution < 1.29 is 4.39 Å². The second-order valence-corrected chi connectivity index (χ2v) is 4.08. The summed E-state index contributed by atoms with van der Waals surface area (Å²) in [7, 11) is 0. The summed E-state index contributed by atoms with van der Waals surface area (Å²) in [6, 6.07) is 3.17. The molecule has 2 N–H and O–H groups in total. The quantitative estimate of drug-likeness (QED) is 0.622. The molecule has 0 radical (unpaired) electrons. The molecule has 60 valence electrons. The van der Waals surface area contributed by atoms with Gasteiger partial charge in [0.05, 0.1) is 4.47 Å². The topological polar surface area (TPSA) is 26.0 Å². The Morgan fingerprint density at radius 3 is 2.73 bits per heavy atom. The van der Waals surface area contributed by atoms with E-state index in [4.69, 9.17) is 5.73 Å². The second kappa shape index (κ2) is 3.82. The molecule has 0 saturated carbocycles. The van der Waals surface area contributed by atoms with Gasteiger partial charge >= 0.3 is 0 Å². The molecule has 0 heterocycles. The fourth-order valence-corrected chi connectivity index (χ4v) is 1.76. The van der Waals surface area contributed by atoms with Gasteiger partial charge in [-0.2, -0.15) is 0 Å². The third-order valence-electron chi connectivity index (χ3n) is 1.31. The summed E-state index contributed by atoms with van der Waals surface area (Å²) >= 11 is 5.15. The maximum Gasteiger partial charge on any atom is 0.138 e. The lowest BCUT2D eigenvalue weighted by atomic mass is 10.2. The summed E-state index contributed by atoms with van der Waals surface area (Å²) in [5.74, 6) is -0.244. The molecule has 1 aromatic rings. The van der Waals surface area contributed by atoms with Crippen LogP contribution in [0.25, 0.3) is 0 Å². The zero-order valence-electron chi connectivity index (χ0n) is 5.57. The van der Waals surface area contributed by atoms with E-state index < -0.39 is 0 Å². The summed E-state index contributed by atoms with van der Waals surface area (Å²) in [6.45, 7) is 0.442. The van der Waals surface area contributed by atoms with Gasteiger partial charge in [0.1, 0.15) is 5.82 Å². The molecule has 0 aliphatic rings. The van der Waals surface area contributed by atoms with Crippen LogP contribution < -0.4 is 5.73 Å². The Balaban J connectivity index is 3.21. The van der Waals surface area contributed by atoms with Crippen molar-refractivity contribution >= 4 is 38.5 Å². The summed E-state index contributed by atoms with van der Waals surface area (Å²) in [6.07, 6.45) is 0. The third kappa shape index (κ3) is 2.13. The van der Waals surface area contributed by atoms with Crippen molar-refractivity contribution in [2.75, 3.05) is 0 Å². The van der Waals surface area contributed by atoms with Crippen LogP contribution in [0.4, 0.5) is 4.39 Å². The first-order valence-electron chi connectivity index (χ1n) is 2.98. The van der Waals surface area contributed by atoms with Gasteiger partial charge < -0.3 is 5.73 Å². The van der Waals surface area contributed by atoms with Gasteiger partial charge in [-0.25, -0.2) is 4.39 Å². The van der Waals surface area contributed by atoms with Crippen molar-refractivity contribution in [2.45, 2.75) is 6.54 Å². The Morgan fingerprint density at radius 1 is 1.55 bits per heavy atom. The van der Waals surface area contributed by atoms with E-state index in [1.54, 1.807) is 6.07 Å². The molecule has 0 amide bonds. The first-order valence-corrected chi connectivity index (χ1v) is 4.86. The summed E-state index contributed by atoms with van der Waals surface area (Å²) < 4.78 is 14.1. The highest BCUT2D eigenvalue weighted by molar-refractivity contribution is 14.1. The van der Waals surface area contributed by atoms with Gasteiger partial charge in [0.2, 0.25) is 0 Å². The van der Waals surface area contributed by atoms with Crippen molar-refractivity contribution in [1.82, 2.24) is 0 Å². The molecule has 0 fully saturated rings. The van der Waals surface area contributed by atoms with Gasteiger partial charge in [-0.15, -0.1) is 0 Å². The van der Waals surface area contributed by atoms with Crippen LogP contribution in [0.5, 0.6) is 0 Å². The molecule has 4 heteroatoms. The number of halogens is 3. The molecule has 0 spiro atoms. The molecule has 0 aliphatic carbocycles. The van der Waals surface area contributed by atoms with Crippen LogP contribution in [0.3, 0.4) is 0 Å². The summed E-state index contributed by atoms with van der Waals surface area (Å²) in [5, 5.41) is 0. The predicted octanol–water partition coefficient (Wildman–Crippen LogP) is 2.65. The van der Waals surface area contributed by atoms with Gasteiger partial charge in [0.15, 0.2) is 0 Å². The van der Waals surface area contributed by atoms with E-state index in [0.717, 1.165) is 9.13 Å². The first kappa shape index (κ1) is 9.41. The van der Waals surface area contributed by atoms with E-state index in [1.807, 2.05) is 0 Å². The van der Waals surface area contributed by atoms with Gasteiger partial charge in [0.25, 0.3) is 0 Å². The zero-order chi connectivity index (χ0) is 8.43. The molecule has 1 rings (SSSR count). The van der Waals surface area contributed by atoms with Gasteiger partial charge in [-0.05, 0) is 56.2 Å². The Bertz CT molecular complexity index is 277. The third-order valence-corrected chi connectivity index (χ3v) is 2.92. The average Bonchev–Trinajstić information content (AvgIpc) is 1.97. The van der Waals surface area contributed by atoms with Crippen molar-refractivity contribution in [3.8, 4) is 0 Å². The minimum Gasteiger partial charge on any atom is -0.326 e. The van der Waals surface area contributed by atoms with E-state index in [9.17, 15) is 4.39 Å². The lowest BCUT2D eigenvalue weighted by molar-refractivity contribution is 0.619. The Morgan fingerprint density at radius 2 is 2.18 bits per heavy atom. The Hall–Kier alpha value is 0.320. The molecule has 0 atom stereocenters. The molecular weight excluding hydrogens is 324 g/mol. The van der Waals surface area contributed by atoms with Crippen LogP contribution in [0, 0.1) is 9.39 Å². The summed E-state index contributed by atoms with van der Waals surface area (Å²) in [5.41, 5.74) is 6.38. The van der Waals surface area contributed by atoms with Gasteiger partial charge in [0, 0.05) is 10.1 Å². The number of rotatable bonds is 1. The molecule has 0 bridgehead atoms. The number of nitrogens with two attached hydrogens (primary N) is 1. The van der Waals surface area contributed by atoms with Crippen LogP contribution in [0.1, 0.15) is 5.56 Å². The van der Waals surface area contributed by atoms with Gasteiger partial charge in [-0.3, -0.25) is 0 Å². The normalized spacial score (nSPS) is 10.2. The van der Waals surface area contributed by atoms with E-state index in [1.165, 1.54) is 6.07 Å². The molecule has 1 aromatic carbocycles. The van der Waals surface area contributed by atoms with E-state index in [-0.39, 0.29) is 5.82 Å². The van der Waals surface area contributed by atoms with Crippen LogP contribution in [-0.4, -0.2) is 0 Å². The smallest absolute Gasteiger partial charge is 0.138 e. The van der Waals surface area contributed by atoms with Crippen LogP contribution in [0.2, 0.25) is 0 Å². The summed E-state index contributed by atoms with van der Waals surface area (Å²) in [4.78, 5) is 0. The fourth-order valence-electron chi connectivity index (χ4n) is 0.720. The average molecular weight is 330 g/mol. The van der Waals surface area contributed by atoms with Crippen molar-refractivity contribution in [2.24, 2.45) is 5.73 Å². The number of hydrogen-bond donors (Lipinski definition) is 1. The molecular formula is C7H6BrFIN. The largest absolute Gasteiger partial charge is 0.326 e. The van der Waals surface area contributed by atoms with Crippen LogP contribution in [0.15, 0.2) is 16.6 Å². The monoisotopic (exact) mass is 329 g/mol. The lowest BCUT2D eigenvalue weighted by Gasteiger charge is -2.02. The zero-order valence-corrected chi connectivity index (χ0v) is 9.32. The number of hydrogen-bond acceptors (Lipinski definition) is 1. The molecule has 0 aromatic heterocycles. The van der Waals surface area contributed by atoms with Crippen molar-refractivity contribution in [1.29, 1.82) is 0 Å². The standard InChI is InChI=1S/C7H6BrFIN/c8-5-1-4(3-11)7(10)2-6(5)9/h1-2H,3,11H2. The van der Waals surface area contributed by atoms with Crippen molar-refractivity contribution in [3.63, 3.8) is 0 Å². The van der Waals surface area contributed by atoms with Gasteiger partial charge in [-0.1, -0.05) is 0 Å². The minimum absolute atomic E-state index is 0.244. The molecule has 0 unspecified atom stereocenters. The van der Waals surface area contributed by atoms with Crippen LogP contribution in [-0.2, 0) is 6.54 Å². The predicted molar refractivity (Wildman–Crippen MR) is 54.7 cm³/mol.